The summed E-state index contributed by atoms with van der Waals surface area (Å²) in [6.07, 6.45) is 7.05. The van der Waals surface area contributed by atoms with Crippen molar-refractivity contribution >= 4 is 21.6 Å². The highest BCUT2D eigenvalue weighted by atomic mass is 79.9. The van der Waals surface area contributed by atoms with Crippen LogP contribution in [0.15, 0.2) is 22.9 Å². The highest BCUT2D eigenvalue weighted by Gasteiger charge is 2.18. The van der Waals surface area contributed by atoms with E-state index in [1.807, 2.05) is 6.07 Å². The molecule has 0 bridgehead atoms. The lowest BCUT2D eigenvalue weighted by molar-refractivity contribution is 0.361. The summed E-state index contributed by atoms with van der Waals surface area (Å²) in [5.74, 6) is 0.903. The Morgan fingerprint density at radius 2 is 2.07 bits per heavy atom. The summed E-state index contributed by atoms with van der Waals surface area (Å²) in [5, 5.41) is 3.56. The number of hydrogen-bond donors (Lipinski definition) is 1. The first kappa shape index (κ1) is 10.9. The second kappa shape index (κ2) is 4.97. The summed E-state index contributed by atoms with van der Waals surface area (Å²) in [5.41, 5.74) is 1.12. The van der Waals surface area contributed by atoms with E-state index in [0.29, 0.717) is 6.04 Å². The van der Waals surface area contributed by atoms with Crippen molar-refractivity contribution in [3.63, 3.8) is 0 Å². The van der Waals surface area contributed by atoms with Gasteiger partial charge in [0.15, 0.2) is 0 Å². The normalized spacial score (nSPS) is 26.3. The van der Waals surface area contributed by atoms with E-state index in [1.165, 1.54) is 25.7 Å². The fourth-order valence-electron chi connectivity index (χ4n) is 2.12. The molecule has 0 radical (unpaired) electrons. The smallest absolute Gasteiger partial charge is 0.129 e. The molecule has 1 aliphatic rings. The molecule has 0 amide bonds. The van der Waals surface area contributed by atoms with Crippen LogP contribution in [-0.4, -0.2) is 11.0 Å². The Hall–Kier alpha value is -0.570. The van der Waals surface area contributed by atoms with Gasteiger partial charge in [0.05, 0.1) is 5.69 Å². The number of anilines is 1. The van der Waals surface area contributed by atoms with Crippen molar-refractivity contribution < 1.29 is 0 Å². The Kier molecular flexibility index (Phi) is 3.62. The van der Waals surface area contributed by atoms with E-state index in [-0.39, 0.29) is 0 Å². The van der Waals surface area contributed by atoms with Gasteiger partial charge < -0.3 is 5.32 Å². The van der Waals surface area contributed by atoms with Gasteiger partial charge in [0.25, 0.3) is 0 Å². The molecule has 1 heterocycles. The van der Waals surface area contributed by atoms with Gasteiger partial charge in [0, 0.05) is 12.2 Å². The highest BCUT2D eigenvalue weighted by Crippen LogP contribution is 2.27. The third-order valence-electron chi connectivity index (χ3n) is 3.13. The van der Waals surface area contributed by atoms with Crippen LogP contribution in [0.25, 0.3) is 0 Å². The average Bonchev–Trinajstić information content (AvgIpc) is 2.25. The van der Waals surface area contributed by atoms with Crippen molar-refractivity contribution in [2.24, 2.45) is 5.92 Å². The third-order valence-corrected chi connectivity index (χ3v) is 3.77. The van der Waals surface area contributed by atoms with E-state index in [1.54, 1.807) is 6.20 Å². The van der Waals surface area contributed by atoms with Crippen LogP contribution >= 0.6 is 15.9 Å². The maximum absolute atomic E-state index is 4.21. The lowest BCUT2D eigenvalue weighted by atomic mass is 9.87. The number of aromatic nitrogens is 1. The van der Waals surface area contributed by atoms with E-state index in [2.05, 4.69) is 39.2 Å². The largest absolute Gasteiger partial charge is 0.380 e. The summed E-state index contributed by atoms with van der Waals surface area (Å²) >= 11 is 3.46. The van der Waals surface area contributed by atoms with Crippen molar-refractivity contribution in [2.45, 2.75) is 38.6 Å². The number of hydrogen-bond acceptors (Lipinski definition) is 2. The van der Waals surface area contributed by atoms with Gasteiger partial charge in [-0.2, -0.15) is 0 Å². The zero-order valence-electron chi connectivity index (χ0n) is 9.04. The topological polar surface area (TPSA) is 24.9 Å². The molecule has 1 saturated carbocycles. The summed E-state index contributed by atoms with van der Waals surface area (Å²) in [6.45, 7) is 2.34. The molecule has 1 N–H and O–H groups in total. The van der Waals surface area contributed by atoms with Crippen LogP contribution in [0.4, 0.5) is 5.69 Å². The number of halogens is 1. The SMILES string of the molecule is CC1CCC(Nc2cccnc2Br)CC1. The Labute approximate surface area is 99.6 Å². The van der Waals surface area contributed by atoms with Gasteiger partial charge >= 0.3 is 0 Å². The quantitative estimate of drug-likeness (QED) is 0.825. The van der Waals surface area contributed by atoms with E-state index in [4.69, 9.17) is 0 Å². The van der Waals surface area contributed by atoms with Crippen LogP contribution in [0, 0.1) is 5.92 Å². The van der Waals surface area contributed by atoms with E-state index in [9.17, 15) is 0 Å². The van der Waals surface area contributed by atoms with Crippen molar-refractivity contribution in [1.29, 1.82) is 0 Å². The van der Waals surface area contributed by atoms with Crippen LogP contribution in [0.5, 0.6) is 0 Å². The van der Waals surface area contributed by atoms with Crippen LogP contribution < -0.4 is 5.32 Å². The predicted molar refractivity (Wildman–Crippen MR) is 67.0 cm³/mol. The maximum Gasteiger partial charge on any atom is 0.129 e. The molecule has 0 unspecified atom stereocenters. The minimum atomic E-state index is 0.627. The van der Waals surface area contributed by atoms with Crippen LogP contribution in [0.3, 0.4) is 0 Å². The number of nitrogens with zero attached hydrogens (tertiary/aromatic N) is 1. The molecule has 1 aromatic heterocycles. The summed E-state index contributed by atoms with van der Waals surface area (Å²) < 4.78 is 0.920. The Bertz CT molecular complexity index is 319. The summed E-state index contributed by atoms with van der Waals surface area (Å²) in [4.78, 5) is 4.21. The molecule has 3 heteroatoms. The third kappa shape index (κ3) is 2.94. The van der Waals surface area contributed by atoms with E-state index in [0.717, 1.165) is 16.2 Å². The zero-order chi connectivity index (χ0) is 10.7. The molecule has 1 aliphatic carbocycles. The Morgan fingerprint density at radius 1 is 1.33 bits per heavy atom. The van der Waals surface area contributed by atoms with Gasteiger partial charge in [0.1, 0.15) is 4.60 Å². The molecule has 0 spiro atoms. The predicted octanol–water partition coefficient (Wildman–Crippen LogP) is 3.83. The van der Waals surface area contributed by atoms with Crippen LogP contribution in [0.1, 0.15) is 32.6 Å². The first-order chi connectivity index (χ1) is 7.25. The molecule has 1 fully saturated rings. The average molecular weight is 269 g/mol. The molecular weight excluding hydrogens is 252 g/mol. The lowest BCUT2D eigenvalue weighted by Crippen LogP contribution is -2.25. The maximum atomic E-state index is 4.21. The molecule has 0 aromatic carbocycles. The minimum Gasteiger partial charge on any atom is -0.380 e. The lowest BCUT2D eigenvalue weighted by Gasteiger charge is -2.27. The zero-order valence-corrected chi connectivity index (χ0v) is 10.6. The van der Waals surface area contributed by atoms with Crippen molar-refractivity contribution in [3.05, 3.63) is 22.9 Å². The van der Waals surface area contributed by atoms with Crippen molar-refractivity contribution in [2.75, 3.05) is 5.32 Å². The standard InChI is InChI=1S/C12H17BrN2/c1-9-4-6-10(7-5-9)15-11-3-2-8-14-12(11)13/h2-3,8-10,15H,4-7H2,1H3. The molecular formula is C12H17BrN2. The molecule has 82 valence electrons. The highest BCUT2D eigenvalue weighted by molar-refractivity contribution is 9.10. The molecule has 15 heavy (non-hydrogen) atoms. The molecule has 2 nitrogen and oxygen atoms in total. The number of rotatable bonds is 2. The van der Waals surface area contributed by atoms with Gasteiger partial charge in [-0.05, 0) is 59.7 Å². The Morgan fingerprint density at radius 3 is 2.73 bits per heavy atom. The summed E-state index contributed by atoms with van der Waals surface area (Å²) in [6, 6.07) is 4.68. The molecule has 2 rings (SSSR count). The fraction of sp³-hybridized carbons (Fsp3) is 0.583. The van der Waals surface area contributed by atoms with Gasteiger partial charge in [-0.25, -0.2) is 4.98 Å². The first-order valence-corrected chi connectivity index (χ1v) is 6.42. The van der Waals surface area contributed by atoms with Crippen molar-refractivity contribution in [3.8, 4) is 0 Å². The van der Waals surface area contributed by atoms with Crippen LogP contribution in [-0.2, 0) is 0 Å². The monoisotopic (exact) mass is 268 g/mol. The molecule has 0 saturated heterocycles. The molecule has 0 atom stereocenters. The second-order valence-electron chi connectivity index (χ2n) is 4.44. The first-order valence-electron chi connectivity index (χ1n) is 5.63. The minimum absolute atomic E-state index is 0.627. The second-order valence-corrected chi connectivity index (χ2v) is 5.19. The van der Waals surface area contributed by atoms with E-state index < -0.39 is 0 Å². The fourth-order valence-corrected chi connectivity index (χ4v) is 2.48. The van der Waals surface area contributed by atoms with Crippen LogP contribution in [0.2, 0.25) is 0 Å². The molecule has 0 aliphatic heterocycles. The van der Waals surface area contributed by atoms with Gasteiger partial charge in [0.2, 0.25) is 0 Å². The van der Waals surface area contributed by atoms with Gasteiger partial charge in [-0.1, -0.05) is 6.92 Å². The number of nitrogens with one attached hydrogen (secondary N) is 1. The van der Waals surface area contributed by atoms with E-state index >= 15 is 0 Å². The van der Waals surface area contributed by atoms with Gasteiger partial charge in [-0.15, -0.1) is 0 Å². The van der Waals surface area contributed by atoms with Crippen molar-refractivity contribution in [1.82, 2.24) is 4.98 Å². The summed E-state index contributed by atoms with van der Waals surface area (Å²) in [7, 11) is 0. The molecule has 1 aromatic rings. The van der Waals surface area contributed by atoms with Gasteiger partial charge in [-0.3, -0.25) is 0 Å². The Balaban J connectivity index is 1.95. The number of pyridine rings is 1.